The molecule has 0 unspecified atom stereocenters. The Morgan fingerprint density at radius 1 is 1.45 bits per heavy atom. The van der Waals surface area contributed by atoms with Gasteiger partial charge in [-0.15, -0.1) is 0 Å². The van der Waals surface area contributed by atoms with E-state index < -0.39 is 5.67 Å². The summed E-state index contributed by atoms with van der Waals surface area (Å²) in [5, 5.41) is 0. The van der Waals surface area contributed by atoms with Crippen molar-refractivity contribution in [2.75, 3.05) is 6.54 Å². The van der Waals surface area contributed by atoms with E-state index in [1.807, 2.05) is 0 Å². The highest BCUT2D eigenvalue weighted by Gasteiger charge is 2.47. The SMILES string of the molecule is CC(C)(C)C1CC(F)(CN)C1. The number of rotatable bonds is 1. The highest BCUT2D eigenvalue weighted by Crippen LogP contribution is 2.49. The lowest BCUT2D eigenvalue weighted by Gasteiger charge is -2.47. The van der Waals surface area contributed by atoms with Crippen molar-refractivity contribution < 1.29 is 4.39 Å². The minimum Gasteiger partial charge on any atom is -0.328 e. The van der Waals surface area contributed by atoms with E-state index in [4.69, 9.17) is 5.73 Å². The monoisotopic (exact) mass is 159 g/mol. The first-order valence-electron chi connectivity index (χ1n) is 4.26. The van der Waals surface area contributed by atoms with Gasteiger partial charge in [0.25, 0.3) is 0 Å². The molecule has 0 aliphatic heterocycles. The minimum atomic E-state index is -1.03. The van der Waals surface area contributed by atoms with Crippen LogP contribution in [0.5, 0.6) is 0 Å². The first-order valence-corrected chi connectivity index (χ1v) is 4.26. The smallest absolute Gasteiger partial charge is 0.123 e. The van der Waals surface area contributed by atoms with Gasteiger partial charge in [-0.05, 0) is 24.2 Å². The molecule has 0 spiro atoms. The van der Waals surface area contributed by atoms with Crippen molar-refractivity contribution in [2.45, 2.75) is 39.3 Å². The Bertz CT molecular complexity index is 142. The first-order chi connectivity index (χ1) is 4.87. The predicted molar refractivity (Wildman–Crippen MR) is 45.1 cm³/mol. The summed E-state index contributed by atoms with van der Waals surface area (Å²) in [5.74, 6) is 0.524. The maximum absolute atomic E-state index is 13.3. The molecule has 0 saturated heterocycles. The number of hydrogen-bond acceptors (Lipinski definition) is 1. The molecule has 1 nitrogen and oxygen atoms in total. The van der Waals surface area contributed by atoms with E-state index in [1.54, 1.807) is 0 Å². The second kappa shape index (κ2) is 2.44. The summed E-state index contributed by atoms with van der Waals surface area (Å²) in [6.45, 7) is 6.68. The molecule has 0 atom stereocenters. The highest BCUT2D eigenvalue weighted by atomic mass is 19.1. The van der Waals surface area contributed by atoms with Crippen LogP contribution in [-0.2, 0) is 0 Å². The maximum Gasteiger partial charge on any atom is 0.123 e. The standard InChI is InChI=1S/C9H18FN/c1-8(2,3)7-4-9(10,5-7)6-11/h7H,4-6,11H2,1-3H3. The molecule has 66 valence electrons. The van der Waals surface area contributed by atoms with Crippen LogP contribution in [0.4, 0.5) is 4.39 Å². The Kier molecular flexibility index (Phi) is 1.99. The predicted octanol–water partition coefficient (Wildman–Crippen LogP) is 2.11. The van der Waals surface area contributed by atoms with Gasteiger partial charge in [-0.2, -0.15) is 0 Å². The van der Waals surface area contributed by atoms with E-state index in [1.165, 1.54) is 0 Å². The summed E-state index contributed by atoms with van der Waals surface area (Å²) >= 11 is 0. The first kappa shape index (κ1) is 8.98. The quantitative estimate of drug-likeness (QED) is 0.623. The van der Waals surface area contributed by atoms with Gasteiger partial charge < -0.3 is 5.73 Å². The number of nitrogens with two attached hydrogens (primary N) is 1. The lowest BCUT2D eigenvalue weighted by molar-refractivity contribution is -0.0358. The van der Waals surface area contributed by atoms with Crippen LogP contribution in [0.25, 0.3) is 0 Å². The van der Waals surface area contributed by atoms with Crippen LogP contribution >= 0.6 is 0 Å². The molecule has 1 rings (SSSR count). The van der Waals surface area contributed by atoms with E-state index in [0.29, 0.717) is 18.8 Å². The van der Waals surface area contributed by atoms with Crippen molar-refractivity contribution in [3.63, 3.8) is 0 Å². The van der Waals surface area contributed by atoms with Gasteiger partial charge in [0, 0.05) is 6.54 Å². The molecule has 0 radical (unpaired) electrons. The molecule has 1 aliphatic rings. The minimum absolute atomic E-state index is 0.194. The van der Waals surface area contributed by atoms with Crippen LogP contribution in [0.15, 0.2) is 0 Å². The zero-order valence-corrected chi connectivity index (χ0v) is 7.65. The van der Waals surface area contributed by atoms with E-state index in [-0.39, 0.29) is 12.0 Å². The molecule has 1 aliphatic carbocycles. The third-order valence-corrected chi connectivity index (χ3v) is 2.82. The van der Waals surface area contributed by atoms with Crippen molar-refractivity contribution in [2.24, 2.45) is 17.1 Å². The molecule has 2 N–H and O–H groups in total. The van der Waals surface area contributed by atoms with Gasteiger partial charge in [0.15, 0.2) is 0 Å². The topological polar surface area (TPSA) is 26.0 Å². The summed E-state index contributed by atoms with van der Waals surface area (Å²) in [6, 6.07) is 0. The van der Waals surface area contributed by atoms with Crippen molar-refractivity contribution in [3.05, 3.63) is 0 Å². The Hall–Kier alpha value is -0.110. The van der Waals surface area contributed by atoms with Crippen LogP contribution in [0.2, 0.25) is 0 Å². The molecule has 11 heavy (non-hydrogen) atoms. The van der Waals surface area contributed by atoms with E-state index in [9.17, 15) is 4.39 Å². The molecule has 0 amide bonds. The van der Waals surface area contributed by atoms with Crippen LogP contribution in [0, 0.1) is 11.3 Å². The van der Waals surface area contributed by atoms with Crippen LogP contribution < -0.4 is 5.73 Å². The Labute approximate surface area is 68.2 Å². The van der Waals surface area contributed by atoms with Gasteiger partial charge >= 0.3 is 0 Å². The average molecular weight is 159 g/mol. The van der Waals surface area contributed by atoms with Crippen LogP contribution in [0.3, 0.4) is 0 Å². The van der Waals surface area contributed by atoms with Crippen molar-refractivity contribution in [3.8, 4) is 0 Å². The lowest BCUT2D eigenvalue weighted by atomic mass is 9.61. The summed E-state index contributed by atoms with van der Waals surface area (Å²) in [4.78, 5) is 0. The number of alkyl halides is 1. The third-order valence-electron chi connectivity index (χ3n) is 2.82. The second-order valence-corrected chi connectivity index (χ2v) is 4.83. The van der Waals surface area contributed by atoms with Gasteiger partial charge in [0.1, 0.15) is 5.67 Å². The van der Waals surface area contributed by atoms with Crippen LogP contribution in [0.1, 0.15) is 33.6 Å². The van der Waals surface area contributed by atoms with Gasteiger partial charge in [0.2, 0.25) is 0 Å². The third kappa shape index (κ3) is 1.73. The molecule has 1 fully saturated rings. The maximum atomic E-state index is 13.3. The van der Waals surface area contributed by atoms with Gasteiger partial charge in [-0.25, -0.2) is 4.39 Å². The van der Waals surface area contributed by atoms with E-state index >= 15 is 0 Å². The van der Waals surface area contributed by atoms with E-state index in [2.05, 4.69) is 20.8 Å². The molecule has 0 bridgehead atoms. The normalized spacial score (nSPS) is 38.5. The fourth-order valence-electron chi connectivity index (χ4n) is 1.60. The van der Waals surface area contributed by atoms with Crippen molar-refractivity contribution in [1.29, 1.82) is 0 Å². The Morgan fingerprint density at radius 3 is 2.18 bits per heavy atom. The molecular formula is C9H18FN. The second-order valence-electron chi connectivity index (χ2n) is 4.83. The summed E-state index contributed by atoms with van der Waals surface area (Å²) in [6.07, 6.45) is 1.32. The molecular weight excluding hydrogens is 141 g/mol. The Balaban J connectivity index is 2.40. The van der Waals surface area contributed by atoms with E-state index in [0.717, 1.165) is 0 Å². The Morgan fingerprint density at radius 2 is 1.91 bits per heavy atom. The molecule has 0 aromatic carbocycles. The molecule has 0 aromatic rings. The highest BCUT2D eigenvalue weighted by molar-refractivity contribution is 4.99. The zero-order valence-electron chi connectivity index (χ0n) is 7.65. The summed E-state index contributed by atoms with van der Waals surface area (Å²) < 4.78 is 13.3. The largest absolute Gasteiger partial charge is 0.328 e. The number of hydrogen-bond donors (Lipinski definition) is 1. The molecule has 2 heteroatoms. The van der Waals surface area contributed by atoms with Gasteiger partial charge in [0.05, 0.1) is 0 Å². The summed E-state index contributed by atoms with van der Waals surface area (Å²) in [7, 11) is 0. The van der Waals surface area contributed by atoms with Gasteiger partial charge in [-0.1, -0.05) is 20.8 Å². The molecule has 0 heterocycles. The van der Waals surface area contributed by atoms with Crippen molar-refractivity contribution in [1.82, 2.24) is 0 Å². The fraction of sp³-hybridized carbons (Fsp3) is 1.00. The van der Waals surface area contributed by atoms with Crippen LogP contribution in [-0.4, -0.2) is 12.2 Å². The molecule has 1 saturated carbocycles. The zero-order chi connectivity index (χ0) is 8.70. The molecule has 0 aromatic heterocycles. The number of halogens is 1. The average Bonchev–Trinajstić information content (AvgIpc) is 1.78. The van der Waals surface area contributed by atoms with Crippen molar-refractivity contribution >= 4 is 0 Å². The van der Waals surface area contributed by atoms with Gasteiger partial charge in [-0.3, -0.25) is 0 Å². The summed E-state index contributed by atoms with van der Waals surface area (Å²) in [5.41, 5.74) is 4.52. The fourth-order valence-corrected chi connectivity index (χ4v) is 1.60. The lowest BCUT2D eigenvalue weighted by Crippen LogP contribution is -2.49.